The lowest BCUT2D eigenvalue weighted by Crippen LogP contribution is -2.17. The molecule has 1 saturated heterocycles. The Balaban J connectivity index is 2.27. The van der Waals surface area contributed by atoms with E-state index in [-0.39, 0.29) is 18.1 Å². The molecule has 84 valence electrons. The van der Waals surface area contributed by atoms with Crippen LogP contribution in [0.25, 0.3) is 0 Å². The highest BCUT2D eigenvalue weighted by molar-refractivity contribution is 7.86. The van der Waals surface area contributed by atoms with Gasteiger partial charge in [0.15, 0.2) is 6.29 Å². The molecule has 1 rings (SSSR count). The van der Waals surface area contributed by atoms with Crippen molar-refractivity contribution >= 4 is 10.1 Å². The third-order valence-electron chi connectivity index (χ3n) is 2.28. The van der Waals surface area contributed by atoms with Gasteiger partial charge >= 0.3 is 0 Å². The fourth-order valence-corrected chi connectivity index (χ4v) is 2.14. The normalized spacial score (nSPS) is 28.1. The summed E-state index contributed by atoms with van der Waals surface area (Å²) in [6, 6.07) is 0. The zero-order chi connectivity index (χ0) is 10.6. The minimum Gasteiger partial charge on any atom is -0.356 e. The number of ether oxygens (including phenoxy) is 2. The van der Waals surface area contributed by atoms with Gasteiger partial charge < -0.3 is 9.47 Å². The standard InChI is InChI=1S/C8H16O5S/c1-11-8-4-3-7(13-8)5-6-14(9,10)12-2/h7-8H,3-6H2,1-2H3/t7-,8+/m0/s1. The van der Waals surface area contributed by atoms with Crippen molar-refractivity contribution in [2.45, 2.75) is 31.7 Å². The molecular weight excluding hydrogens is 208 g/mol. The van der Waals surface area contributed by atoms with Gasteiger partial charge in [0.25, 0.3) is 10.1 Å². The SMILES string of the molecule is CO[C@H]1CC[C@@H](CCS(=O)(=O)OC)O1. The van der Waals surface area contributed by atoms with Crippen LogP contribution in [-0.2, 0) is 23.8 Å². The summed E-state index contributed by atoms with van der Waals surface area (Å²) in [4.78, 5) is 0. The molecule has 0 aromatic heterocycles. The molecule has 1 heterocycles. The lowest BCUT2D eigenvalue weighted by atomic mass is 10.2. The van der Waals surface area contributed by atoms with Crippen LogP contribution in [0.2, 0.25) is 0 Å². The molecule has 0 amide bonds. The maximum Gasteiger partial charge on any atom is 0.267 e. The average molecular weight is 224 g/mol. The largest absolute Gasteiger partial charge is 0.356 e. The fraction of sp³-hybridized carbons (Fsp3) is 1.00. The molecule has 0 bridgehead atoms. The first-order valence-corrected chi connectivity index (χ1v) is 6.11. The fourth-order valence-electron chi connectivity index (χ4n) is 1.42. The highest BCUT2D eigenvalue weighted by atomic mass is 32.2. The molecule has 0 aromatic rings. The van der Waals surface area contributed by atoms with Crippen molar-refractivity contribution in [3.05, 3.63) is 0 Å². The quantitative estimate of drug-likeness (QED) is 0.636. The van der Waals surface area contributed by atoms with Gasteiger partial charge in [0.2, 0.25) is 0 Å². The smallest absolute Gasteiger partial charge is 0.267 e. The number of methoxy groups -OCH3 is 1. The molecule has 0 radical (unpaired) electrons. The summed E-state index contributed by atoms with van der Waals surface area (Å²) in [6.45, 7) is 0. The lowest BCUT2D eigenvalue weighted by Gasteiger charge is -2.11. The zero-order valence-electron chi connectivity index (χ0n) is 8.43. The molecule has 5 nitrogen and oxygen atoms in total. The van der Waals surface area contributed by atoms with E-state index in [0.717, 1.165) is 12.8 Å². The van der Waals surface area contributed by atoms with Gasteiger partial charge in [0.1, 0.15) is 0 Å². The monoisotopic (exact) mass is 224 g/mol. The number of rotatable bonds is 5. The van der Waals surface area contributed by atoms with Gasteiger partial charge in [0, 0.05) is 13.5 Å². The van der Waals surface area contributed by atoms with Crippen LogP contribution in [-0.4, -0.2) is 40.8 Å². The van der Waals surface area contributed by atoms with Gasteiger partial charge in [-0.2, -0.15) is 8.42 Å². The second kappa shape index (κ2) is 5.06. The number of hydrogen-bond acceptors (Lipinski definition) is 5. The third-order valence-corrected chi connectivity index (χ3v) is 3.52. The van der Waals surface area contributed by atoms with Gasteiger partial charge in [-0.15, -0.1) is 0 Å². The summed E-state index contributed by atoms with van der Waals surface area (Å²) >= 11 is 0. The lowest BCUT2D eigenvalue weighted by molar-refractivity contribution is -0.114. The van der Waals surface area contributed by atoms with Crippen LogP contribution in [0.4, 0.5) is 0 Å². The van der Waals surface area contributed by atoms with Gasteiger partial charge in [-0.1, -0.05) is 0 Å². The zero-order valence-corrected chi connectivity index (χ0v) is 9.25. The summed E-state index contributed by atoms with van der Waals surface area (Å²) in [5.74, 6) is 0.00456. The van der Waals surface area contributed by atoms with E-state index in [1.165, 1.54) is 7.11 Å². The van der Waals surface area contributed by atoms with E-state index in [1.807, 2.05) is 0 Å². The van der Waals surface area contributed by atoms with Crippen molar-refractivity contribution in [3.63, 3.8) is 0 Å². The molecular formula is C8H16O5S. The molecule has 2 atom stereocenters. The predicted molar refractivity (Wildman–Crippen MR) is 50.3 cm³/mol. The number of hydrogen-bond donors (Lipinski definition) is 0. The van der Waals surface area contributed by atoms with E-state index in [1.54, 1.807) is 7.11 Å². The first kappa shape index (κ1) is 11.9. The highest BCUT2D eigenvalue weighted by Crippen LogP contribution is 2.22. The molecule has 0 spiro atoms. The van der Waals surface area contributed by atoms with Crippen LogP contribution in [0.5, 0.6) is 0 Å². The minimum absolute atomic E-state index is 0.00456. The van der Waals surface area contributed by atoms with E-state index in [9.17, 15) is 8.42 Å². The van der Waals surface area contributed by atoms with E-state index < -0.39 is 10.1 Å². The molecule has 0 unspecified atom stereocenters. The van der Waals surface area contributed by atoms with Crippen LogP contribution in [0.1, 0.15) is 19.3 Å². The molecule has 0 saturated carbocycles. The second-order valence-corrected chi connectivity index (χ2v) is 5.07. The van der Waals surface area contributed by atoms with E-state index in [4.69, 9.17) is 9.47 Å². The molecule has 0 aromatic carbocycles. The molecule has 0 aliphatic carbocycles. The second-order valence-electron chi connectivity index (χ2n) is 3.22. The summed E-state index contributed by atoms with van der Waals surface area (Å²) in [5, 5.41) is 0. The summed E-state index contributed by atoms with van der Waals surface area (Å²) in [7, 11) is -0.600. The van der Waals surface area contributed by atoms with Crippen molar-refractivity contribution in [3.8, 4) is 0 Å². The maximum absolute atomic E-state index is 11.0. The molecule has 14 heavy (non-hydrogen) atoms. The van der Waals surface area contributed by atoms with Crippen LogP contribution < -0.4 is 0 Å². The first-order valence-electron chi connectivity index (χ1n) is 4.54. The van der Waals surface area contributed by atoms with Crippen molar-refractivity contribution in [1.82, 2.24) is 0 Å². The van der Waals surface area contributed by atoms with Crippen LogP contribution >= 0.6 is 0 Å². The molecule has 1 fully saturated rings. The van der Waals surface area contributed by atoms with Crippen molar-refractivity contribution in [2.24, 2.45) is 0 Å². The highest BCUT2D eigenvalue weighted by Gasteiger charge is 2.26. The molecule has 1 aliphatic heterocycles. The molecule has 0 N–H and O–H groups in total. The van der Waals surface area contributed by atoms with Crippen LogP contribution in [0.3, 0.4) is 0 Å². The van der Waals surface area contributed by atoms with Gasteiger partial charge in [-0.25, -0.2) is 0 Å². The first-order chi connectivity index (χ1) is 6.57. The van der Waals surface area contributed by atoms with Crippen molar-refractivity contribution < 1.29 is 22.1 Å². The minimum atomic E-state index is -3.35. The van der Waals surface area contributed by atoms with E-state index in [2.05, 4.69) is 4.18 Å². The van der Waals surface area contributed by atoms with Gasteiger partial charge in [-0.05, 0) is 12.8 Å². The molecule has 1 aliphatic rings. The Bertz CT molecular complexity index is 261. The Morgan fingerprint density at radius 1 is 1.36 bits per heavy atom. The topological polar surface area (TPSA) is 61.8 Å². The van der Waals surface area contributed by atoms with E-state index in [0.29, 0.717) is 6.42 Å². The molecule has 6 heteroatoms. The summed E-state index contributed by atoms with van der Waals surface area (Å²) in [6.07, 6.45) is 1.94. The predicted octanol–water partition coefficient (Wildman–Crippen LogP) is 0.504. The van der Waals surface area contributed by atoms with Gasteiger partial charge in [0.05, 0.1) is 19.0 Å². The Hall–Kier alpha value is -0.170. The van der Waals surface area contributed by atoms with Gasteiger partial charge in [-0.3, -0.25) is 4.18 Å². The maximum atomic E-state index is 11.0. The Labute approximate surface area is 84.5 Å². The third kappa shape index (κ3) is 3.53. The van der Waals surface area contributed by atoms with Crippen LogP contribution in [0, 0.1) is 0 Å². The Morgan fingerprint density at radius 3 is 2.57 bits per heavy atom. The van der Waals surface area contributed by atoms with Crippen molar-refractivity contribution in [1.29, 1.82) is 0 Å². The summed E-state index contributed by atoms with van der Waals surface area (Å²) in [5.41, 5.74) is 0. The van der Waals surface area contributed by atoms with Crippen molar-refractivity contribution in [2.75, 3.05) is 20.0 Å². The average Bonchev–Trinajstić information content (AvgIpc) is 2.63. The van der Waals surface area contributed by atoms with Crippen LogP contribution in [0.15, 0.2) is 0 Å². The Morgan fingerprint density at radius 2 is 2.07 bits per heavy atom. The Kier molecular flexibility index (Phi) is 4.31. The van der Waals surface area contributed by atoms with E-state index >= 15 is 0 Å². The summed E-state index contributed by atoms with van der Waals surface area (Å²) < 4.78 is 36.7.